The summed E-state index contributed by atoms with van der Waals surface area (Å²) in [4.78, 5) is 19.0. The van der Waals surface area contributed by atoms with Crippen LogP contribution in [-0.4, -0.2) is 32.1 Å². The zero-order chi connectivity index (χ0) is 24.1. The third-order valence-corrected chi connectivity index (χ3v) is 6.06. The summed E-state index contributed by atoms with van der Waals surface area (Å²) in [5.41, 5.74) is 1.23. The highest BCUT2D eigenvalue weighted by Crippen LogP contribution is 2.39. The van der Waals surface area contributed by atoms with Crippen LogP contribution in [0.3, 0.4) is 0 Å². The molecule has 0 N–H and O–H groups in total. The molecule has 2 aromatic carbocycles. The van der Waals surface area contributed by atoms with Gasteiger partial charge in [0.05, 0.1) is 22.9 Å². The maximum Gasteiger partial charge on any atom is 0.333 e. The quantitative estimate of drug-likeness (QED) is 0.285. The smallest absolute Gasteiger partial charge is 0.330 e. The van der Waals surface area contributed by atoms with Crippen molar-refractivity contribution in [3.05, 3.63) is 82.9 Å². The van der Waals surface area contributed by atoms with Gasteiger partial charge in [0.15, 0.2) is 17.5 Å². The Morgan fingerprint density at radius 2 is 1.82 bits per heavy atom. The third-order valence-electron chi connectivity index (χ3n) is 6.06. The van der Waals surface area contributed by atoms with Crippen molar-refractivity contribution in [3.8, 4) is 11.3 Å². The first kappa shape index (κ1) is 22.0. The zero-order valence-electron chi connectivity index (χ0n) is 17.8. The van der Waals surface area contributed by atoms with Crippen molar-refractivity contribution in [2.45, 2.75) is 25.9 Å². The Kier molecular flexibility index (Phi) is 5.30. The summed E-state index contributed by atoms with van der Waals surface area (Å²) in [5.74, 6) is -4.97. The average molecular weight is 472 g/mol. The van der Waals surface area contributed by atoms with E-state index in [4.69, 9.17) is 0 Å². The monoisotopic (exact) mass is 472 g/mol. The molecule has 174 valence electrons. The molecule has 5 nitrogen and oxygen atoms in total. The Morgan fingerprint density at radius 3 is 2.53 bits per heavy atom. The molecule has 5 rings (SSSR count). The normalized spacial score (nSPS) is 15.7. The van der Waals surface area contributed by atoms with Crippen LogP contribution in [-0.2, 0) is 6.42 Å². The average Bonchev–Trinajstić information content (AvgIpc) is 3.23. The summed E-state index contributed by atoms with van der Waals surface area (Å²) in [5, 5.41) is 4.77. The minimum Gasteiger partial charge on any atom is -0.330 e. The van der Waals surface area contributed by atoms with Crippen molar-refractivity contribution in [1.29, 1.82) is 0 Å². The highest BCUT2D eigenvalue weighted by molar-refractivity contribution is 5.98. The number of alkyl halides is 2. The number of aromatic nitrogens is 3. The van der Waals surface area contributed by atoms with Crippen molar-refractivity contribution >= 4 is 16.8 Å². The van der Waals surface area contributed by atoms with E-state index in [1.807, 2.05) is 6.07 Å². The summed E-state index contributed by atoms with van der Waals surface area (Å²) < 4.78 is 69.2. The summed E-state index contributed by atoms with van der Waals surface area (Å²) in [6, 6.07) is 9.31. The van der Waals surface area contributed by atoms with Crippen molar-refractivity contribution in [3.63, 3.8) is 0 Å². The molecule has 2 aromatic heterocycles. The SMILES string of the molecule is CC1c2nn(C(F)F)c(-c3cc(F)c(F)c(F)c3)c2CCN1C(=O)c1ccc2ncccc2c1. The molecule has 0 bridgehead atoms. The molecule has 4 aromatic rings. The van der Waals surface area contributed by atoms with E-state index in [9.17, 15) is 26.7 Å². The van der Waals surface area contributed by atoms with E-state index in [0.717, 1.165) is 10.9 Å². The Bertz CT molecular complexity index is 1410. The first-order chi connectivity index (χ1) is 16.3. The molecule has 10 heteroatoms. The van der Waals surface area contributed by atoms with Gasteiger partial charge in [-0.05, 0) is 49.7 Å². The molecule has 1 aliphatic heterocycles. The van der Waals surface area contributed by atoms with Crippen LogP contribution in [0.1, 0.15) is 41.1 Å². The lowest BCUT2D eigenvalue weighted by atomic mass is 9.94. The lowest BCUT2D eigenvalue weighted by Crippen LogP contribution is -2.38. The Balaban J connectivity index is 1.55. The molecule has 3 heterocycles. The molecule has 1 aliphatic rings. The van der Waals surface area contributed by atoms with Crippen molar-refractivity contribution in [1.82, 2.24) is 19.7 Å². The van der Waals surface area contributed by atoms with Crippen LogP contribution < -0.4 is 0 Å². The van der Waals surface area contributed by atoms with Crippen LogP contribution in [0.2, 0.25) is 0 Å². The van der Waals surface area contributed by atoms with E-state index in [-0.39, 0.29) is 35.8 Å². The number of fused-ring (bicyclic) bond motifs is 2. The van der Waals surface area contributed by atoms with Crippen LogP contribution in [0, 0.1) is 17.5 Å². The fourth-order valence-corrected chi connectivity index (χ4v) is 4.43. The number of hydrogen-bond donors (Lipinski definition) is 0. The molecule has 1 atom stereocenters. The maximum atomic E-state index is 13.9. The Morgan fingerprint density at radius 1 is 1.09 bits per heavy atom. The summed E-state index contributed by atoms with van der Waals surface area (Å²) in [7, 11) is 0. The molecular weight excluding hydrogens is 455 g/mol. The predicted octanol–water partition coefficient (Wildman–Crippen LogP) is 5.67. The number of rotatable bonds is 3. The van der Waals surface area contributed by atoms with Crippen LogP contribution in [0.25, 0.3) is 22.2 Å². The number of amides is 1. The van der Waals surface area contributed by atoms with E-state index in [1.54, 1.807) is 37.4 Å². The molecular formula is C24H17F5N4O. The van der Waals surface area contributed by atoms with E-state index in [1.165, 1.54) is 4.90 Å². The van der Waals surface area contributed by atoms with E-state index >= 15 is 0 Å². The second-order valence-corrected chi connectivity index (χ2v) is 8.02. The summed E-state index contributed by atoms with van der Waals surface area (Å²) in [6.07, 6.45) is 1.77. The standard InChI is InChI=1S/C24H17F5N4O/c1-12-21-16(22(33(31-21)24(28)29)15-10-17(25)20(27)18(26)11-15)6-8-32(12)23(34)14-4-5-19-13(9-14)3-2-7-30-19/h2-5,7,9-12,24H,6,8H2,1H3. The van der Waals surface area contributed by atoms with E-state index in [0.29, 0.717) is 27.9 Å². The maximum absolute atomic E-state index is 13.9. The van der Waals surface area contributed by atoms with Crippen molar-refractivity contribution < 1.29 is 26.7 Å². The summed E-state index contributed by atoms with van der Waals surface area (Å²) >= 11 is 0. The third kappa shape index (κ3) is 3.49. The fourth-order valence-electron chi connectivity index (χ4n) is 4.43. The number of pyridine rings is 1. The number of carbonyl (C=O) groups is 1. The largest absolute Gasteiger partial charge is 0.333 e. The van der Waals surface area contributed by atoms with Crippen LogP contribution in [0.15, 0.2) is 48.7 Å². The molecule has 0 aliphatic carbocycles. The van der Waals surface area contributed by atoms with Crippen molar-refractivity contribution in [2.75, 3.05) is 6.54 Å². The fraction of sp³-hybridized carbons (Fsp3) is 0.208. The van der Waals surface area contributed by atoms with Gasteiger partial charge in [0.25, 0.3) is 5.91 Å². The number of halogens is 5. The second-order valence-electron chi connectivity index (χ2n) is 8.02. The summed E-state index contributed by atoms with van der Waals surface area (Å²) in [6.45, 7) is -1.29. The Labute approximate surface area is 190 Å². The molecule has 0 spiro atoms. The number of nitrogens with zero attached hydrogens (tertiary/aromatic N) is 4. The molecule has 0 radical (unpaired) electrons. The second kappa shape index (κ2) is 8.19. The molecule has 1 amide bonds. The highest BCUT2D eigenvalue weighted by atomic mass is 19.3. The predicted molar refractivity (Wildman–Crippen MR) is 114 cm³/mol. The lowest BCUT2D eigenvalue weighted by molar-refractivity contribution is 0.0567. The highest BCUT2D eigenvalue weighted by Gasteiger charge is 2.35. The van der Waals surface area contributed by atoms with Gasteiger partial charge in [-0.3, -0.25) is 9.78 Å². The van der Waals surface area contributed by atoms with E-state index in [2.05, 4.69) is 10.1 Å². The van der Waals surface area contributed by atoms with Crippen LogP contribution in [0.4, 0.5) is 22.0 Å². The van der Waals surface area contributed by atoms with E-state index < -0.39 is 30.0 Å². The van der Waals surface area contributed by atoms with Gasteiger partial charge in [0.2, 0.25) is 0 Å². The number of benzene rings is 2. The van der Waals surface area contributed by atoms with Gasteiger partial charge in [0.1, 0.15) is 0 Å². The van der Waals surface area contributed by atoms with Crippen LogP contribution >= 0.6 is 0 Å². The van der Waals surface area contributed by atoms with Gasteiger partial charge >= 0.3 is 6.55 Å². The number of carbonyl (C=O) groups excluding carboxylic acids is 1. The lowest BCUT2D eigenvalue weighted by Gasteiger charge is -2.33. The molecule has 0 saturated heterocycles. The zero-order valence-corrected chi connectivity index (χ0v) is 17.8. The minimum absolute atomic E-state index is 0.128. The first-order valence-corrected chi connectivity index (χ1v) is 10.5. The molecule has 0 fully saturated rings. The Hall–Kier alpha value is -3.82. The van der Waals surface area contributed by atoms with Gasteiger partial charge in [-0.15, -0.1) is 0 Å². The molecule has 0 saturated carbocycles. The van der Waals surface area contributed by atoms with Gasteiger partial charge in [-0.25, -0.2) is 17.9 Å². The topological polar surface area (TPSA) is 51.0 Å². The number of hydrogen-bond acceptors (Lipinski definition) is 3. The van der Waals surface area contributed by atoms with Gasteiger partial charge in [-0.2, -0.15) is 13.9 Å². The van der Waals surface area contributed by atoms with Crippen molar-refractivity contribution in [2.24, 2.45) is 0 Å². The van der Waals surface area contributed by atoms with Gasteiger partial charge in [0, 0.05) is 34.8 Å². The minimum atomic E-state index is -3.11. The molecule has 1 unspecified atom stereocenters. The van der Waals surface area contributed by atoms with Crippen LogP contribution in [0.5, 0.6) is 0 Å². The first-order valence-electron chi connectivity index (χ1n) is 10.5. The van der Waals surface area contributed by atoms with Gasteiger partial charge in [-0.1, -0.05) is 6.07 Å². The van der Waals surface area contributed by atoms with Gasteiger partial charge < -0.3 is 4.90 Å². The molecule has 34 heavy (non-hydrogen) atoms.